The molecule has 0 unspecified atom stereocenters. The Kier molecular flexibility index (Phi) is 7.20. The number of ether oxygens (including phenoxy) is 2. The molecule has 3 aromatic carbocycles. The van der Waals surface area contributed by atoms with E-state index in [0.717, 1.165) is 9.87 Å². The van der Waals surface area contributed by atoms with Gasteiger partial charge in [-0.3, -0.25) is 4.79 Å². The molecule has 0 bridgehead atoms. The minimum Gasteiger partial charge on any atom is -0.497 e. The molecule has 3 aromatic rings. The highest BCUT2D eigenvalue weighted by Crippen LogP contribution is 2.27. The standard InChI is InChI=1S/C25H27NO5S/c1-18(2)24-15-14-22(16-19(24)3)31-17-25(27)26(20-10-12-21(30-4)13-11-20)32(28,29)23-8-6-5-7-9-23/h5-16,18H,17H2,1-4H3. The molecule has 0 N–H and O–H groups in total. The van der Waals surface area contributed by atoms with Crippen molar-refractivity contribution in [3.8, 4) is 11.5 Å². The zero-order valence-corrected chi connectivity index (χ0v) is 19.4. The maximum Gasteiger partial charge on any atom is 0.278 e. The van der Waals surface area contributed by atoms with Gasteiger partial charge in [-0.1, -0.05) is 38.1 Å². The predicted molar refractivity (Wildman–Crippen MR) is 125 cm³/mol. The second kappa shape index (κ2) is 9.87. The van der Waals surface area contributed by atoms with Crippen molar-refractivity contribution < 1.29 is 22.7 Å². The molecule has 0 radical (unpaired) electrons. The first-order valence-corrected chi connectivity index (χ1v) is 11.7. The lowest BCUT2D eigenvalue weighted by Crippen LogP contribution is -2.40. The Morgan fingerprint density at radius 2 is 1.56 bits per heavy atom. The number of anilines is 1. The third kappa shape index (κ3) is 5.11. The van der Waals surface area contributed by atoms with Crippen LogP contribution < -0.4 is 13.8 Å². The van der Waals surface area contributed by atoms with E-state index in [9.17, 15) is 13.2 Å². The molecule has 0 fully saturated rings. The third-order valence-corrected chi connectivity index (χ3v) is 6.80. The number of benzene rings is 3. The van der Waals surface area contributed by atoms with Gasteiger partial charge in [-0.25, -0.2) is 8.42 Å². The molecule has 6 nitrogen and oxygen atoms in total. The first-order valence-electron chi connectivity index (χ1n) is 10.2. The van der Waals surface area contributed by atoms with Crippen molar-refractivity contribution in [3.05, 3.63) is 83.9 Å². The third-order valence-electron chi connectivity index (χ3n) is 5.04. The fourth-order valence-corrected chi connectivity index (χ4v) is 4.85. The van der Waals surface area contributed by atoms with Crippen molar-refractivity contribution in [2.75, 3.05) is 18.0 Å². The highest BCUT2D eigenvalue weighted by molar-refractivity contribution is 7.93. The summed E-state index contributed by atoms with van der Waals surface area (Å²) < 4.78 is 38.3. The van der Waals surface area contributed by atoms with Gasteiger partial charge in [0, 0.05) is 0 Å². The summed E-state index contributed by atoms with van der Waals surface area (Å²) in [4.78, 5) is 13.2. The average molecular weight is 454 g/mol. The number of nitrogens with zero attached hydrogens (tertiary/aromatic N) is 1. The molecule has 168 valence electrons. The number of carbonyl (C=O) groups is 1. The van der Waals surface area contributed by atoms with Crippen LogP contribution in [0.2, 0.25) is 0 Å². The summed E-state index contributed by atoms with van der Waals surface area (Å²) in [6.07, 6.45) is 0. The number of sulfonamides is 1. The normalized spacial score (nSPS) is 11.3. The van der Waals surface area contributed by atoms with E-state index < -0.39 is 22.5 Å². The first-order chi connectivity index (χ1) is 15.2. The predicted octanol–water partition coefficient (Wildman–Crippen LogP) is 4.93. The van der Waals surface area contributed by atoms with Gasteiger partial charge in [-0.15, -0.1) is 0 Å². The average Bonchev–Trinajstić information content (AvgIpc) is 2.78. The zero-order chi connectivity index (χ0) is 23.3. The van der Waals surface area contributed by atoms with Gasteiger partial charge in [0.25, 0.3) is 15.9 Å². The molecule has 0 saturated heterocycles. The zero-order valence-electron chi connectivity index (χ0n) is 18.6. The monoisotopic (exact) mass is 453 g/mol. The van der Waals surface area contributed by atoms with Crippen LogP contribution in [0.25, 0.3) is 0 Å². The summed E-state index contributed by atoms with van der Waals surface area (Å²) in [7, 11) is -2.63. The fraction of sp³-hybridized carbons (Fsp3) is 0.240. The largest absolute Gasteiger partial charge is 0.497 e. The second-order valence-electron chi connectivity index (χ2n) is 7.64. The Morgan fingerprint density at radius 1 is 0.938 bits per heavy atom. The summed E-state index contributed by atoms with van der Waals surface area (Å²) >= 11 is 0. The van der Waals surface area contributed by atoms with Crippen LogP contribution in [0.1, 0.15) is 30.9 Å². The number of hydrogen-bond donors (Lipinski definition) is 0. The molecule has 7 heteroatoms. The highest BCUT2D eigenvalue weighted by Gasteiger charge is 2.31. The molecule has 1 amide bonds. The highest BCUT2D eigenvalue weighted by atomic mass is 32.2. The van der Waals surface area contributed by atoms with Crippen LogP contribution in [0.5, 0.6) is 11.5 Å². The first kappa shape index (κ1) is 23.3. The van der Waals surface area contributed by atoms with E-state index in [4.69, 9.17) is 9.47 Å². The van der Waals surface area contributed by atoms with Crippen molar-refractivity contribution in [2.24, 2.45) is 0 Å². The molecule has 0 heterocycles. The molecule has 32 heavy (non-hydrogen) atoms. The van der Waals surface area contributed by atoms with Gasteiger partial charge in [0.05, 0.1) is 17.7 Å². The van der Waals surface area contributed by atoms with Crippen LogP contribution in [0, 0.1) is 6.92 Å². The van der Waals surface area contributed by atoms with E-state index in [-0.39, 0.29) is 10.6 Å². The van der Waals surface area contributed by atoms with E-state index in [2.05, 4.69) is 13.8 Å². The SMILES string of the molecule is COc1ccc(N(C(=O)COc2ccc(C(C)C)c(C)c2)S(=O)(=O)c2ccccc2)cc1. The maximum atomic E-state index is 13.3. The molecule has 0 aliphatic carbocycles. The molecule has 0 aliphatic heterocycles. The van der Waals surface area contributed by atoms with Gasteiger partial charge in [-0.05, 0) is 72.5 Å². The lowest BCUT2D eigenvalue weighted by molar-refractivity contribution is -0.119. The molecule has 0 spiro atoms. The van der Waals surface area contributed by atoms with Gasteiger partial charge in [-0.2, -0.15) is 4.31 Å². The number of aryl methyl sites for hydroxylation is 1. The summed E-state index contributed by atoms with van der Waals surface area (Å²) in [5, 5.41) is 0. The van der Waals surface area contributed by atoms with Crippen molar-refractivity contribution in [3.63, 3.8) is 0 Å². The van der Waals surface area contributed by atoms with E-state index in [1.165, 1.54) is 36.9 Å². The number of amides is 1. The molecule has 3 rings (SSSR count). The number of rotatable bonds is 8. The van der Waals surface area contributed by atoms with Crippen LogP contribution in [-0.4, -0.2) is 28.0 Å². The minimum atomic E-state index is -4.14. The van der Waals surface area contributed by atoms with Gasteiger partial charge in [0.2, 0.25) is 0 Å². The molecular formula is C25H27NO5S. The Hall–Kier alpha value is -3.32. The molecule has 0 saturated carbocycles. The van der Waals surface area contributed by atoms with Crippen molar-refractivity contribution >= 4 is 21.6 Å². The van der Waals surface area contributed by atoms with Gasteiger partial charge >= 0.3 is 0 Å². The van der Waals surface area contributed by atoms with Crippen molar-refractivity contribution in [1.82, 2.24) is 0 Å². The molecule has 0 aromatic heterocycles. The van der Waals surface area contributed by atoms with E-state index >= 15 is 0 Å². The van der Waals surface area contributed by atoms with Crippen LogP contribution >= 0.6 is 0 Å². The summed E-state index contributed by atoms with van der Waals surface area (Å²) in [5.41, 5.74) is 2.44. The lowest BCUT2D eigenvalue weighted by Gasteiger charge is -2.23. The fourth-order valence-electron chi connectivity index (χ4n) is 3.42. The smallest absolute Gasteiger partial charge is 0.278 e. The Labute approximate surface area is 189 Å². The second-order valence-corrected chi connectivity index (χ2v) is 9.42. The topological polar surface area (TPSA) is 72.9 Å². The van der Waals surface area contributed by atoms with E-state index in [1.54, 1.807) is 36.4 Å². The summed E-state index contributed by atoms with van der Waals surface area (Å²) in [6.45, 7) is 5.76. The quantitative estimate of drug-likeness (QED) is 0.484. The van der Waals surface area contributed by atoms with E-state index in [0.29, 0.717) is 17.4 Å². The molecular weight excluding hydrogens is 426 g/mol. The van der Waals surface area contributed by atoms with Crippen LogP contribution in [0.3, 0.4) is 0 Å². The Balaban J connectivity index is 1.91. The molecule has 0 atom stereocenters. The Bertz CT molecular complexity index is 1170. The van der Waals surface area contributed by atoms with Crippen molar-refractivity contribution in [1.29, 1.82) is 0 Å². The lowest BCUT2D eigenvalue weighted by atomic mass is 9.98. The van der Waals surface area contributed by atoms with Crippen molar-refractivity contribution in [2.45, 2.75) is 31.6 Å². The van der Waals surface area contributed by atoms with Crippen LogP contribution in [0.15, 0.2) is 77.7 Å². The number of carbonyl (C=O) groups excluding carboxylic acids is 1. The molecule has 0 aliphatic rings. The van der Waals surface area contributed by atoms with E-state index in [1.807, 2.05) is 19.1 Å². The Morgan fingerprint density at radius 3 is 2.12 bits per heavy atom. The van der Waals surface area contributed by atoms with Gasteiger partial charge in [0.15, 0.2) is 6.61 Å². The summed E-state index contributed by atoms with van der Waals surface area (Å²) in [6, 6.07) is 19.7. The van der Waals surface area contributed by atoms with Crippen LogP contribution in [-0.2, 0) is 14.8 Å². The maximum absolute atomic E-state index is 13.3. The number of hydrogen-bond acceptors (Lipinski definition) is 5. The summed E-state index contributed by atoms with van der Waals surface area (Å²) in [5.74, 6) is 0.721. The van der Waals surface area contributed by atoms with Gasteiger partial charge < -0.3 is 9.47 Å². The van der Waals surface area contributed by atoms with Crippen LogP contribution in [0.4, 0.5) is 5.69 Å². The minimum absolute atomic E-state index is 0.0151. The van der Waals surface area contributed by atoms with Gasteiger partial charge in [0.1, 0.15) is 11.5 Å². The number of methoxy groups -OCH3 is 1.